The predicted molar refractivity (Wildman–Crippen MR) is 88.0 cm³/mol. The fourth-order valence-corrected chi connectivity index (χ4v) is 2.14. The van der Waals surface area contributed by atoms with E-state index in [9.17, 15) is 22.9 Å². The number of amides is 1. The van der Waals surface area contributed by atoms with Crippen molar-refractivity contribution in [3.8, 4) is 11.6 Å². The molecule has 0 saturated carbocycles. The van der Waals surface area contributed by atoms with E-state index in [1.54, 1.807) is 13.8 Å². The molecule has 0 saturated heterocycles. The van der Waals surface area contributed by atoms with Gasteiger partial charge in [-0.15, -0.1) is 10.0 Å². The lowest BCUT2D eigenvalue weighted by atomic mass is 10.2. The molecule has 0 atom stereocenters. The van der Waals surface area contributed by atoms with E-state index < -0.39 is 23.5 Å². The standard InChI is InChI=1S/C15H14ClF3N4O3/c1-7(2)20-14(24)23-8(3)12(16)13(21-23)26-11-5-4-9(15(17,18)19)6-10(11)22-25/h4-7H,1-3H3,(H,20,24). The number of alkyl halides is 3. The summed E-state index contributed by atoms with van der Waals surface area (Å²) in [5.41, 5.74) is -1.37. The summed E-state index contributed by atoms with van der Waals surface area (Å²) in [6, 6.07) is 1.49. The van der Waals surface area contributed by atoms with E-state index in [1.165, 1.54) is 6.92 Å². The largest absolute Gasteiger partial charge is 0.434 e. The van der Waals surface area contributed by atoms with Gasteiger partial charge in [0.15, 0.2) is 11.4 Å². The van der Waals surface area contributed by atoms with Crippen LogP contribution in [-0.4, -0.2) is 21.9 Å². The third-order valence-corrected chi connectivity index (χ3v) is 3.64. The molecule has 0 aliphatic heterocycles. The van der Waals surface area contributed by atoms with E-state index in [2.05, 4.69) is 15.6 Å². The van der Waals surface area contributed by atoms with Gasteiger partial charge in [0.2, 0.25) is 0 Å². The van der Waals surface area contributed by atoms with Gasteiger partial charge in [-0.1, -0.05) is 11.6 Å². The Morgan fingerprint density at radius 1 is 1.38 bits per heavy atom. The Balaban J connectivity index is 2.37. The van der Waals surface area contributed by atoms with Gasteiger partial charge in [-0.05, 0) is 44.1 Å². The van der Waals surface area contributed by atoms with Gasteiger partial charge in [-0.25, -0.2) is 4.79 Å². The summed E-state index contributed by atoms with van der Waals surface area (Å²) in [6.07, 6.45) is -4.64. The van der Waals surface area contributed by atoms with Crippen molar-refractivity contribution < 1.29 is 22.7 Å². The molecule has 1 N–H and O–H groups in total. The lowest BCUT2D eigenvalue weighted by molar-refractivity contribution is -0.137. The minimum atomic E-state index is -4.64. The van der Waals surface area contributed by atoms with Crippen molar-refractivity contribution in [1.82, 2.24) is 15.1 Å². The van der Waals surface area contributed by atoms with Crippen molar-refractivity contribution in [1.29, 1.82) is 0 Å². The van der Waals surface area contributed by atoms with Crippen LogP contribution >= 0.6 is 11.6 Å². The third kappa shape index (κ3) is 4.13. The van der Waals surface area contributed by atoms with E-state index in [0.717, 1.165) is 16.8 Å². The summed E-state index contributed by atoms with van der Waals surface area (Å²) in [5, 5.41) is 9.01. The third-order valence-electron chi connectivity index (χ3n) is 3.21. The number of carbonyl (C=O) groups is 1. The molecule has 7 nitrogen and oxygen atoms in total. The van der Waals surface area contributed by atoms with Crippen molar-refractivity contribution in [2.24, 2.45) is 5.18 Å². The van der Waals surface area contributed by atoms with Crippen molar-refractivity contribution in [2.45, 2.75) is 33.0 Å². The molecule has 0 radical (unpaired) electrons. The molecule has 2 rings (SSSR count). The van der Waals surface area contributed by atoms with Crippen molar-refractivity contribution in [2.75, 3.05) is 0 Å². The first-order chi connectivity index (χ1) is 12.0. The minimum absolute atomic E-state index is 0.0272. The van der Waals surface area contributed by atoms with E-state index in [1.807, 2.05) is 0 Å². The second kappa shape index (κ2) is 7.32. The van der Waals surface area contributed by atoms with Crippen LogP contribution in [-0.2, 0) is 6.18 Å². The van der Waals surface area contributed by atoms with E-state index >= 15 is 0 Å². The smallest absolute Gasteiger partial charge is 0.416 e. The Hall–Kier alpha value is -2.62. The topological polar surface area (TPSA) is 85.6 Å². The van der Waals surface area contributed by atoms with Crippen LogP contribution in [0.1, 0.15) is 25.1 Å². The zero-order valence-electron chi connectivity index (χ0n) is 13.9. The van der Waals surface area contributed by atoms with Gasteiger partial charge in [0.1, 0.15) is 5.02 Å². The molecule has 1 amide bonds. The maximum Gasteiger partial charge on any atom is 0.416 e. The van der Waals surface area contributed by atoms with Gasteiger partial charge in [-0.2, -0.15) is 17.9 Å². The van der Waals surface area contributed by atoms with Crippen LogP contribution in [0.2, 0.25) is 5.02 Å². The number of hydrogen-bond donors (Lipinski definition) is 1. The molecule has 26 heavy (non-hydrogen) atoms. The number of nitrogens with one attached hydrogen (secondary N) is 1. The highest BCUT2D eigenvalue weighted by molar-refractivity contribution is 6.32. The van der Waals surface area contributed by atoms with Crippen molar-refractivity contribution in [3.05, 3.63) is 39.4 Å². The van der Waals surface area contributed by atoms with Gasteiger partial charge in [0.25, 0.3) is 5.88 Å². The maximum atomic E-state index is 12.7. The summed E-state index contributed by atoms with van der Waals surface area (Å²) in [7, 11) is 0. The Morgan fingerprint density at radius 2 is 2.04 bits per heavy atom. The highest BCUT2D eigenvalue weighted by Gasteiger charge is 2.31. The van der Waals surface area contributed by atoms with Crippen molar-refractivity contribution >= 4 is 23.3 Å². The first-order valence-corrected chi connectivity index (χ1v) is 7.70. The van der Waals surface area contributed by atoms with Crippen LogP contribution in [0.25, 0.3) is 0 Å². The highest BCUT2D eigenvalue weighted by Crippen LogP contribution is 2.39. The van der Waals surface area contributed by atoms with Crippen LogP contribution in [0, 0.1) is 11.8 Å². The van der Waals surface area contributed by atoms with Crippen LogP contribution in [0.4, 0.5) is 23.7 Å². The molecule has 1 aromatic heterocycles. The lowest BCUT2D eigenvalue weighted by Crippen LogP contribution is -2.35. The zero-order chi connectivity index (χ0) is 19.6. The quantitative estimate of drug-likeness (QED) is 0.743. The molecule has 0 bridgehead atoms. The molecular weight excluding hydrogens is 377 g/mol. The zero-order valence-corrected chi connectivity index (χ0v) is 14.6. The molecule has 0 fully saturated rings. The van der Waals surface area contributed by atoms with Gasteiger partial charge in [-0.3, -0.25) is 0 Å². The van der Waals surface area contributed by atoms with E-state index in [-0.39, 0.29) is 28.4 Å². The van der Waals surface area contributed by atoms with Gasteiger partial charge in [0, 0.05) is 6.04 Å². The van der Waals surface area contributed by atoms with Gasteiger partial charge >= 0.3 is 12.2 Å². The average Bonchev–Trinajstić information content (AvgIpc) is 2.82. The Bertz CT molecular complexity index is 849. The molecule has 1 heterocycles. The number of ether oxygens (including phenoxy) is 1. The Kier molecular flexibility index (Phi) is 5.55. The monoisotopic (exact) mass is 390 g/mol. The number of aromatic nitrogens is 2. The van der Waals surface area contributed by atoms with Crippen molar-refractivity contribution in [3.63, 3.8) is 0 Å². The van der Waals surface area contributed by atoms with Crippen LogP contribution in [0.15, 0.2) is 23.4 Å². The minimum Gasteiger partial charge on any atom is -0.434 e. The number of halogens is 4. The molecule has 1 aromatic carbocycles. The van der Waals surface area contributed by atoms with E-state index in [4.69, 9.17) is 16.3 Å². The second-order valence-corrected chi connectivity index (χ2v) is 5.97. The first kappa shape index (κ1) is 19.7. The average molecular weight is 391 g/mol. The lowest BCUT2D eigenvalue weighted by Gasteiger charge is -2.10. The Morgan fingerprint density at radius 3 is 2.58 bits per heavy atom. The molecule has 2 aromatic rings. The number of carbonyl (C=O) groups excluding carboxylic acids is 1. The molecule has 0 aliphatic carbocycles. The predicted octanol–water partition coefficient (Wildman–Crippen LogP) is 5.02. The number of rotatable bonds is 4. The fraction of sp³-hybridized carbons (Fsp3) is 0.333. The number of hydrogen-bond acceptors (Lipinski definition) is 5. The second-order valence-electron chi connectivity index (χ2n) is 5.59. The highest BCUT2D eigenvalue weighted by atomic mass is 35.5. The summed E-state index contributed by atoms with van der Waals surface area (Å²) in [4.78, 5) is 22.9. The Labute approximate surface area is 151 Å². The summed E-state index contributed by atoms with van der Waals surface area (Å²) < 4.78 is 44.4. The number of nitroso groups, excluding NO2 is 1. The SMILES string of the molecule is Cc1c(Cl)c(Oc2ccc(C(F)(F)F)cc2N=O)nn1C(=O)NC(C)C. The summed E-state index contributed by atoms with van der Waals surface area (Å²) in [5.74, 6) is -0.517. The van der Waals surface area contributed by atoms with Crippen LogP contribution in [0.3, 0.4) is 0 Å². The van der Waals surface area contributed by atoms with Crippen LogP contribution < -0.4 is 10.1 Å². The molecular formula is C15H14ClF3N4O3. The van der Waals surface area contributed by atoms with Crippen LogP contribution in [0.5, 0.6) is 11.6 Å². The molecule has 11 heteroatoms. The summed E-state index contributed by atoms with van der Waals surface area (Å²) in [6.45, 7) is 5.01. The normalized spacial score (nSPS) is 11.5. The first-order valence-electron chi connectivity index (χ1n) is 7.33. The molecule has 0 aliphatic rings. The number of nitrogens with zero attached hydrogens (tertiary/aromatic N) is 3. The maximum absolute atomic E-state index is 12.7. The van der Waals surface area contributed by atoms with Gasteiger partial charge < -0.3 is 10.1 Å². The fourth-order valence-electron chi connectivity index (χ4n) is 1.98. The molecule has 140 valence electrons. The van der Waals surface area contributed by atoms with Gasteiger partial charge in [0.05, 0.1) is 11.3 Å². The molecule has 0 spiro atoms. The molecule has 0 unspecified atom stereocenters. The number of benzene rings is 1. The van der Waals surface area contributed by atoms with E-state index in [0.29, 0.717) is 6.07 Å². The summed E-state index contributed by atoms with van der Waals surface area (Å²) >= 11 is 6.07.